The van der Waals surface area contributed by atoms with Gasteiger partial charge in [-0.25, -0.2) is 0 Å². The van der Waals surface area contributed by atoms with Crippen LogP contribution >= 0.6 is 0 Å². The van der Waals surface area contributed by atoms with Crippen LogP contribution in [0, 0.1) is 5.92 Å². The molecule has 4 nitrogen and oxygen atoms in total. The highest BCUT2D eigenvalue weighted by atomic mass is 16.2. The van der Waals surface area contributed by atoms with Crippen molar-refractivity contribution in [1.82, 2.24) is 14.7 Å². The van der Waals surface area contributed by atoms with Gasteiger partial charge in [0.05, 0.1) is 5.92 Å². The van der Waals surface area contributed by atoms with Gasteiger partial charge in [0.2, 0.25) is 5.91 Å². The lowest BCUT2D eigenvalue weighted by Gasteiger charge is -2.43. The normalized spacial score (nSPS) is 27.4. The molecule has 2 saturated heterocycles. The summed E-state index contributed by atoms with van der Waals surface area (Å²) in [5.74, 6) is 0.604. The maximum atomic E-state index is 12.8. The highest BCUT2D eigenvalue weighted by Crippen LogP contribution is 2.30. The van der Waals surface area contributed by atoms with Gasteiger partial charge in [0.15, 0.2) is 0 Å². The molecule has 2 fully saturated rings. The molecule has 1 aromatic rings. The van der Waals surface area contributed by atoms with Crippen LogP contribution in [0.4, 0.5) is 0 Å². The average Bonchev–Trinajstić information content (AvgIpc) is 3.43. The summed E-state index contributed by atoms with van der Waals surface area (Å²) >= 11 is 0. The molecule has 0 aromatic heterocycles. The number of rotatable bonds is 3. The maximum absolute atomic E-state index is 12.8. The first-order valence-electron chi connectivity index (χ1n) is 11.3. The molecule has 3 aliphatic heterocycles. The molecule has 4 heteroatoms. The van der Waals surface area contributed by atoms with Gasteiger partial charge in [-0.2, -0.15) is 0 Å². The number of fused-ring (bicyclic) bond motifs is 1. The molecule has 1 aromatic carbocycles. The second-order valence-corrected chi connectivity index (χ2v) is 9.15. The van der Waals surface area contributed by atoms with E-state index < -0.39 is 0 Å². The number of nitrogens with zero attached hydrogens (tertiary/aromatic N) is 3. The summed E-state index contributed by atoms with van der Waals surface area (Å²) in [5.41, 5.74) is 3.12. The fraction of sp³-hybridized carbons (Fsp3) is 0.625. The minimum atomic E-state index is 0.219. The van der Waals surface area contributed by atoms with E-state index in [1.165, 1.54) is 51.7 Å². The maximum Gasteiger partial charge on any atom is 0.227 e. The van der Waals surface area contributed by atoms with Crippen molar-refractivity contribution in [2.75, 3.05) is 39.3 Å². The van der Waals surface area contributed by atoms with Crippen molar-refractivity contribution in [3.63, 3.8) is 0 Å². The minimum absolute atomic E-state index is 0.219. The van der Waals surface area contributed by atoms with Crippen molar-refractivity contribution < 1.29 is 4.79 Å². The second kappa shape index (κ2) is 8.00. The van der Waals surface area contributed by atoms with Crippen LogP contribution in [0.2, 0.25) is 0 Å². The van der Waals surface area contributed by atoms with Crippen molar-refractivity contribution in [1.29, 1.82) is 0 Å². The molecule has 1 aliphatic carbocycles. The Morgan fingerprint density at radius 2 is 1.50 bits per heavy atom. The van der Waals surface area contributed by atoms with Gasteiger partial charge in [0.1, 0.15) is 0 Å². The van der Waals surface area contributed by atoms with Crippen LogP contribution in [0.5, 0.6) is 0 Å². The van der Waals surface area contributed by atoms with Crippen LogP contribution in [0.1, 0.15) is 36.8 Å². The number of hydrogen-bond donors (Lipinski definition) is 0. The Labute approximate surface area is 169 Å². The number of hydrogen-bond acceptors (Lipinski definition) is 3. The Kier molecular flexibility index (Phi) is 5.25. The Morgan fingerprint density at radius 1 is 0.821 bits per heavy atom. The monoisotopic (exact) mass is 379 g/mol. The van der Waals surface area contributed by atoms with E-state index in [9.17, 15) is 4.79 Å². The van der Waals surface area contributed by atoms with Crippen LogP contribution in [0.3, 0.4) is 0 Å². The van der Waals surface area contributed by atoms with Gasteiger partial charge in [-0.15, -0.1) is 0 Å². The molecule has 0 spiro atoms. The number of benzene rings is 1. The molecule has 0 bridgehead atoms. The van der Waals surface area contributed by atoms with E-state index in [0.29, 0.717) is 18.0 Å². The van der Waals surface area contributed by atoms with Crippen molar-refractivity contribution in [3.05, 3.63) is 47.5 Å². The van der Waals surface area contributed by atoms with Crippen LogP contribution in [0.15, 0.2) is 36.4 Å². The lowest BCUT2D eigenvalue weighted by Crippen LogP contribution is -2.52. The predicted molar refractivity (Wildman–Crippen MR) is 112 cm³/mol. The molecular weight excluding hydrogens is 346 g/mol. The number of carbonyl (C=O) groups is 1. The topological polar surface area (TPSA) is 26.8 Å². The highest BCUT2D eigenvalue weighted by molar-refractivity contribution is 5.80. The SMILES string of the molecule is O=C(C1CCCN(C2CCN(C3Cc4ccccc4C3)CC2)C1)N1CC=CC1. The molecule has 3 heterocycles. The van der Waals surface area contributed by atoms with Gasteiger partial charge in [0.25, 0.3) is 0 Å². The second-order valence-electron chi connectivity index (χ2n) is 9.15. The minimum Gasteiger partial charge on any atom is -0.335 e. The molecule has 5 rings (SSSR count). The largest absolute Gasteiger partial charge is 0.335 e. The average molecular weight is 380 g/mol. The molecule has 0 radical (unpaired) electrons. The zero-order valence-electron chi connectivity index (χ0n) is 16.9. The standard InChI is InChI=1S/C24H33N3O/c28-24(26-11-3-4-12-26)21-8-5-13-27(18-21)22-9-14-25(15-10-22)23-16-19-6-1-2-7-20(19)17-23/h1-4,6-7,21-23H,5,8-18H2. The number of likely N-dealkylation sites (tertiary alicyclic amines) is 2. The Hall–Kier alpha value is -1.65. The van der Waals surface area contributed by atoms with E-state index in [-0.39, 0.29) is 5.92 Å². The Morgan fingerprint density at radius 3 is 2.18 bits per heavy atom. The summed E-state index contributed by atoms with van der Waals surface area (Å²) in [6.45, 7) is 6.23. The fourth-order valence-electron chi connectivity index (χ4n) is 5.87. The molecule has 4 aliphatic rings. The van der Waals surface area contributed by atoms with Gasteiger partial charge in [-0.1, -0.05) is 36.4 Å². The predicted octanol–water partition coefficient (Wildman–Crippen LogP) is 2.73. The summed E-state index contributed by atoms with van der Waals surface area (Å²) in [6, 6.07) is 10.4. The van der Waals surface area contributed by atoms with Crippen molar-refractivity contribution in [2.45, 2.75) is 50.6 Å². The molecular formula is C24H33N3O. The van der Waals surface area contributed by atoms with E-state index in [4.69, 9.17) is 0 Å². The molecule has 1 atom stereocenters. The third kappa shape index (κ3) is 3.65. The summed E-state index contributed by atoms with van der Waals surface area (Å²) < 4.78 is 0. The quantitative estimate of drug-likeness (QED) is 0.756. The van der Waals surface area contributed by atoms with Gasteiger partial charge in [0, 0.05) is 31.7 Å². The van der Waals surface area contributed by atoms with Gasteiger partial charge in [-0.3, -0.25) is 14.6 Å². The van der Waals surface area contributed by atoms with Crippen molar-refractivity contribution >= 4 is 5.91 Å². The van der Waals surface area contributed by atoms with Crippen molar-refractivity contribution in [3.8, 4) is 0 Å². The smallest absolute Gasteiger partial charge is 0.227 e. The first-order chi connectivity index (χ1) is 13.8. The molecule has 1 amide bonds. The summed E-state index contributed by atoms with van der Waals surface area (Å²) in [7, 11) is 0. The Bertz CT molecular complexity index is 704. The van der Waals surface area contributed by atoms with E-state index in [1.807, 2.05) is 4.90 Å². The lowest BCUT2D eigenvalue weighted by molar-refractivity contribution is -0.136. The van der Waals surface area contributed by atoms with E-state index >= 15 is 0 Å². The first-order valence-corrected chi connectivity index (χ1v) is 11.3. The molecule has 0 N–H and O–H groups in total. The molecule has 0 saturated carbocycles. The number of carbonyl (C=O) groups excluding carboxylic acids is 1. The van der Waals surface area contributed by atoms with Crippen LogP contribution in [-0.4, -0.2) is 72.0 Å². The van der Waals surface area contributed by atoms with Crippen LogP contribution < -0.4 is 0 Å². The fourth-order valence-corrected chi connectivity index (χ4v) is 5.87. The summed E-state index contributed by atoms with van der Waals surface area (Å²) in [5, 5.41) is 0. The zero-order chi connectivity index (χ0) is 18.9. The van der Waals surface area contributed by atoms with Crippen molar-refractivity contribution in [2.24, 2.45) is 5.92 Å². The third-order valence-corrected chi connectivity index (χ3v) is 7.49. The first kappa shape index (κ1) is 18.4. The van der Waals surface area contributed by atoms with Gasteiger partial charge >= 0.3 is 0 Å². The molecule has 1 unspecified atom stereocenters. The summed E-state index contributed by atoms with van der Waals surface area (Å²) in [6.07, 6.45) is 11.5. The number of amides is 1. The van der Waals surface area contributed by atoms with Gasteiger partial charge in [-0.05, 0) is 69.3 Å². The molecule has 28 heavy (non-hydrogen) atoms. The van der Waals surface area contributed by atoms with Gasteiger partial charge < -0.3 is 4.90 Å². The zero-order valence-corrected chi connectivity index (χ0v) is 16.9. The highest BCUT2D eigenvalue weighted by Gasteiger charge is 2.35. The lowest BCUT2D eigenvalue weighted by atomic mass is 9.92. The summed E-state index contributed by atoms with van der Waals surface area (Å²) in [4.78, 5) is 20.2. The van der Waals surface area contributed by atoms with E-state index in [0.717, 1.165) is 26.1 Å². The van der Waals surface area contributed by atoms with E-state index in [1.54, 1.807) is 11.1 Å². The third-order valence-electron chi connectivity index (χ3n) is 7.49. The van der Waals surface area contributed by atoms with Crippen LogP contribution in [-0.2, 0) is 17.6 Å². The van der Waals surface area contributed by atoms with E-state index in [2.05, 4.69) is 46.2 Å². The number of piperidine rings is 2. The molecule has 150 valence electrons. The van der Waals surface area contributed by atoms with Crippen LogP contribution in [0.25, 0.3) is 0 Å². The Balaban J connectivity index is 1.13.